The molecule has 0 aliphatic heterocycles. The quantitative estimate of drug-likeness (QED) is 0.0660. The van der Waals surface area contributed by atoms with Crippen LogP contribution in [-0.2, 0) is 14.6 Å². The lowest BCUT2D eigenvalue weighted by atomic mass is 10.0. The van der Waals surface area contributed by atoms with Gasteiger partial charge in [-0.15, -0.1) is 11.8 Å². The maximum Gasteiger partial charge on any atom is 0.300 e. The molecule has 0 bridgehead atoms. The fraction of sp³-hybridized carbons (Fsp3) is 0.250. The predicted molar refractivity (Wildman–Crippen MR) is 183 cm³/mol. The number of thioether (sulfide) groups is 1. The number of carboxylic acids is 1. The van der Waals surface area contributed by atoms with E-state index in [1.54, 1.807) is 74.1 Å². The molecule has 0 spiro atoms. The Bertz CT molecular complexity index is 1560. The van der Waals surface area contributed by atoms with Gasteiger partial charge in [-0.25, -0.2) is 8.42 Å². The summed E-state index contributed by atoms with van der Waals surface area (Å²) < 4.78 is 25.5. The Morgan fingerprint density at radius 3 is 1.30 bits per heavy atom. The van der Waals surface area contributed by atoms with Crippen LogP contribution in [-0.4, -0.2) is 52.1 Å². The van der Waals surface area contributed by atoms with Crippen LogP contribution in [0.15, 0.2) is 131 Å². The number of sulfone groups is 1. The molecular formula is C36H42O8S2. The van der Waals surface area contributed by atoms with E-state index in [1.165, 1.54) is 12.1 Å². The van der Waals surface area contributed by atoms with Crippen molar-refractivity contribution in [2.45, 2.75) is 54.9 Å². The summed E-state index contributed by atoms with van der Waals surface area (Å²) in [5.74, 6) is -0.972. The van der Waals surface area contributed by atoms with E-state index in [2.05, 4.69) is 26.0 Å². The van der Waals surface area contributed by atoms with E-state index in [0.29, 0.717) is 11.5 Å². The van der Waals surface area contributed by atoms with E-state index in [0.717, 1.165) is 17.4 Å². The Kier molecular flexibility index (Phi) is 18.1. The third-order valence-corrected chi connectivity index (χ3v) is 10.2. The maximum atomic E-state index is 12.8. The van der Waals surface area contributed by atoms with Gasteiger partial charge in [0.1, 0.15) is 5.25 Å². The molecular weight excluding hydrogens is 625 g/mol. The van der Waals surface area contributed by atoms with Gasteiger partial charge >= 0.3 is 0 Å². The largest absolute Gasteiger partial charge is 0.481 e. The summed E-state index contributed by atoms with van der Waals surface area (Å²) in [5, 5.41) is 18.3. The predicted octanol–water partition coefficient (Wildman–Crippen LogP) is 8.16. The van der Waals surface area contributed by atoms with Gasteiger partial charge in [-0.1, -0.05) is 125 Å². The summed E-state index contributed by atoms with van der Waals surface area (Å²) in [4.78, 5) is 35.5. The van der Waals surface area contributed by atoms with Gasteiger partial charge in [-0.3, -0.25) is 24.9 Å². The van der Waals surface area contributed by atoms with Crippen molar-refractivity contribution in [2.24, 2.45) is 11.8 Å². The minimum absolute atomic E-state index is 0.0372. The minimum atomic E-state index is -3.70. The zero-order valence-corrected chi connectivity index (χ0v) is 28.2. The van der Waals surface area contributed by atoms with Crippen molar-refractivity contribution >= 4 is 39.1 Å². The molecule has 2 unspecified atom stereocenters. The lowest BCUT2D eigenvalue weighted by Gasteiger charge is -2.20. The van der Waals surface area contributed by atoms with Crippen molar-refractivity contribution in [2.75, 3.05) is 0 Å². The fourth-order valence-electron chi connectivity index (χ4n) is 4.23. The lowest BCUT2D eigenvalue weighted by molar-refractivity contribution is -0.176. The van der Waals surface area contributed by atoms with Crippen LogP contribution in [0.1, 0.15) is 55.3 Å². The Morgan fingerprint density at radius 2 is 0.935 bits per heavy atom. The number of carbonyl (C=O) groups is 3. The van der Waals surface area contributed by atoms with Crippen molar-refractivity contribution in [3.8, 4) is 0 Å². The van der Waals surface area contributed by atoms with Crippen LogP contribution in [0.25, 0.3) is 0 Å². The molecule has 0 heterocycles. The molecule has 4 aromatic rings. The van der Waals surface area contributed by atoms with E-state index in [-0.39, 0.29) is 27.6 Å². The first-order valence-electron chi connectivity index (χ1n) is 14.4. The number of aliphatic carboxylic acids is 1. The highest BCUT2D eigenvalue weighted by atomic mass is 32.2. The van der Waals surface area contributed by atoms with E-state index < -0.39 is 21.1 Å². The summed E-state index contributed by atoms with van der Waals surface area (Å²) >= 11 is 1.65. The summed E-state index contributed by atoms with van der Waals surface area (Å²) in [7, 11) is -3.70. The highest BCUT2D eigenvalue weighted by Crippen LogP contribution is 2.30. The maximum absolute atomic E-state index is 12.8. The molecule has 246 valence electrons. The third kappa shape index (κ3) is 13.1. The minimum Gasteiger partial charge on any atom is -0.481 e. The van der Waals surface area contributed by atoms with Crippen LogP contribution in [0.3, 0.4) is 0 Å². The van der Waals surface area contributed by atoms with Crippen molar-refractivity contribution in [3.05, 3.63) is 132 Å². The van der Waals surface area contributed by atoms with Crippen LogP contribution in [0.5, 0.6) is 0 Å². The number of carbonyl (C=O) groups excluding carboxylic acids is 2. The molecule has 0 fully saturated rings. The van der Waals surface area contributed by atoms with Crippen molar-refractivity contribution in [3.63, 3.8) is 0 Å². The molecule has 0 aromatic heterocycles. The zero-order chi connectivity index (χ0) is 34.7. The van der Waals surface area contributed by atoms with Crippen molar-refractivity contribution < 1.29 is 38.4 Å². The first-order chi connectivity index (χ1) is 21.9. The average Bonchev–Trinajstić information content (AvgIpc) is 3.05. The number of Topliss-reactive ketones (excluding diaryl/α,β-unsaturated/α-hetero) is 2. The number of hydrogen-bond donors (Lipinski definition) is 3. The monoisotopic (exact) mass is 666 g/mol. The number of ketones is 2. The van der Waals surface area contributed by atoms with Crippen LogP contribution in [0, 0.1) is 11.8 Å². The summed E-state index contributed by atoms with van der Waals surface area (Å²) in [6, 6.07) is 36.4. The lowest BCUT2D eigenvalue weighted by Crippen LogP contribution is -2.35. The van der Waals surface area contributed by atoms with Gasteiger partial charge in [0.05, 0.1) is 10.1 Å². The van der Waals surface area contributed by atoms with E-state index in [4.69, 9.17) is 20.4 Å². The molecule has 0 aliphatic rings. The van der Waals surface area contributed by atoms with Gasteiger partial charge in [-0.05, 0) is 36.1 Å². The second-order valence-corrected chi connectivity index (χ2v) is 13.9. The number of benzene rings is 4. The molecule has 0 radical (unpaired) electrons. The standard InChI is InChI=1S/C17H18O3S.C17H18OS.C2H4O2.H2O2/c1-13(2)17(16(18)14-9-5-3-6-10-14)21(19,20)15-11-7-4-8-12-15;1-13(2)17(19-15-11-7-4-8-12-15)16(18)14-9-5-3-6-10-14;1-2(3)4;1-2/h3-13,17H,1-2H3;3-13,17H,1-2H3;1H3,(H,3,4);1-2H. The smallest absolute Gasteiger partial charge is 0.300 e. The molecule has 4 rings (SSSR count). The Hall–Kier alpha value is -4.09. The summed E-state index contributed by atoms with van der Waals surface area (Å²) in [6.07, 6.45) is 0. The fourth-order valence-corrected chi connectivity index (χ4v) is 7.32. The highest BCUT2D eigenvalue weighted by molar-refractivity contribution is 8.00. The van der Waals surface area contributed by atoms with Crippen LogP contribution < -0.4 is 0 Å². The molecule has 2 atom stereocenters. The normalized spacial score (nSPS) is 11.8. The molecule has 46 heavy (non-hydrogen) atoms. The van der Waals surface area contributed by atoms with Gasteiger partial charge in [-0.2, -0.15) is 0 Å². The molecule has 0 saturated carbocycles. The SMILES string of the molecule is CC(=O)O.CC(C)C(C(=O)c1ccccc1)S(=O)(=O)c1ccccc1.CC(C)C(Sc1ccccc1)C(=O)c1ccccc1.OO. The van der Waals surface area contributed by atoms with Gasteiger partial charge in [0.15, 0.2) is 21.4 Å². The molecule has 4 aromatic carbocycles. The van der Waals surface area contributed by atoms with Gasteiger partial charge in [0.2, 0.25) is 0 Å². The summed E-state index contributed by atoms with van der Waals surface area (Å²) in [5.41, 5.74) is 1.22. The topological polar surface area (TPSA) is 146 Å². The zero-order valence-electron chi connectivity index (χ0n) is 26.6. The van der Waals surface area contributed by atoms with Crippen LogP contribution in [0.4, 0.5) is 0 Å². The Balaban J connectivity index is 0.000000394. The first-order valence-corrected chi connectivity index (χ1v) is 16.9. The molecule has 0 saturated heterocycles. The van der Waals surface area contributed by atoms with Gasteiger partial charge in [0.25, 0.3) is 5.97 Å². The first kappa shape index (κ1) is 39.9. The molecule has 10 heteroatoms. The van der Waals surface area contributed by atoms with Crippen LogP contribution in [0.2, 0.25) is 0 Å². The van der Waals surface area contributed by atoms with Crippen molar-refractivity contribution in [1.82, 2.24) is 0 Å². The Morgan fingerprint density at radius 1 is 0.587 bits per heavy atom. The highest BCUT2D eigenvalue weighted by Gasteiger charge is 2.36. The molecule has 3 N–H and O–H groups in total. The van der Waals surface area contributed by atoms with Crippen molar-refractivity contribution in [1.29, 1.82) is 0 Å². The second-order valence-electron chi connectivity index (χ2n) is 10.6. The van der Waals surface area contributed by atoms with E-state index >= 15 is 0 Å². The van der Waals surface area contributed by atoms with Gasteiger partial charge in [0, 0.05) is 22.9 Å². The second kappa shape index (κ2) is 20.8. The molecule has 0 amide bonds. The van der Waals surface area contributed by atoms with E-state index in [9.17, 15) is 18.0 Å². The number of carboxylic acid groups (broad SMARTS) is 1. The number of hydrogen-bond acceptors (Lipinski definition) is 8. The summed E-state index contributed by atoms with van der Waals surface area (Å²) in [6.45, 7) is 8.79. The molecule has 8 nitrogen and oxygen atoms in total. The Labute approximate surface area is 276 Å². The number of rotatable bonds is 10. The third-order valence-electron chi connectivity index (χ3n) is 6.26. The van der Waals surface area contributed by atoms with Gasteiger partial charge < -0.3 is 5.11 Å². The van der Waals surface area contributed by atoms with Crippen LogP contribution >= 0.6 is 11.8 Å². The van der Waals surface area contributed by atoms with E-state index in [1.807, 2.05) is 48.5 Å². The molecule has 0 aliphatic carbocycles. The average molecular weight is 667 g/mol.